The molecule has 0 aliphatic rings. The predicted molar refractivity (Wildman–Crippen MR) is 99.5 cm³/mol. The third kappa shape index (κ3) is 4.19. The summed E-state index contributed by atoms with van der Waals surface area (Å²) in [5.41, 5.74) is 2.30. The van der Waals surface area contributed by atoms with Crippen molar-refractivity contribution in [2.75, 3.05) is 12.4 Å². The highest BCUT2D eigenvalue weighted by molar-refractivity contribution is 6.02. The molecule has 1 amide bonds. The molecule has 1 aromatic heterocycles. The van der Waals surface area contributed by atoms with Crippen molar-refractivity contribution in [1.29, 1.82) is 0 Å². The minimum Gasteiger partial charge on any atom is -0.497 e. The summed E-state index contributed by atoms with van der Waals surface area (Å²) in [5.74, 6) is 1.23. The molecule has 3 rings (SSSR count). The van der Waals surface area contributed by atoms with Gasteiger partial charge in [-0.25, -0.2) is 0 Å². The first-order valence-corrected chi connectivity index (χ1v) is 8.19. The second-order valence-corrected chi connectivity index (χ2v) is 5.93. The van der Waals surface area contributed by atoms with Crippen LogP contribution in [0.5, 0.6) is 5.75 Å². The van der Waals surface area contributed by atoms with Crippen molar-refractivity contribution in [3.8, 4) is 17.1 Å². The fraction of sp³-hybridized carbons (Fsp3) is 0.143. The van der Waals surface area contributed by atoms with Crippen LogP contribution in [0.2, 0.25) is 0 Å². The zero-order chi connectivity index (χ0) is 18.5. The largest absolute Gasteiger partial charge is 0.497 e. The molecular weight excluding hydrogens is 330 g/mol. The standard InChI is InChI=1S/C21H19NO4/c1-14(23)11-15-5-3-7-17(12-15)22-21(24)20-10-9-19(26-20)16-6-4-8-18(13-16)25-2/h3-10,12-13H,11H2,1-2H3,(H,22,24). The van der Waals surface area contributed by atoms with Crippen molar-refractivity contribution in [1.82, 2.24) is 0 Å². The average Bonchev–Trinajstić information content (AvgIpc) is 3.12. The van der Waals surface area contributed by atoms with E-state index in [1.165, 1.54) is 6.92 Å². The van der Waals surface area contributed by atoms with Gasteiger partial charge in [-0.3, -0.25) is 9.59 Å². The SMILES string of the molecule is COc1cccc(-c2ccc(C(=O)Nc3cccc(CC(C)=O)c3)o2)c1. The average molecular weight is 349 g/mol. The van der Waals surface area contributed by atoms with Gasteiger partial charge in [0.15, 0.2) is 5.76 Å². The molecule has 0 spiro atoms. The van der Waals surface area contributed by atoms with Gasteiger partial charge in [-0.05, 0) is 48.9 Å². The number of anilines is 1. The smallest absolute Gasteiger partial charge is 0.291 e. The van der Waals surface area contributed by atoms with Crippen LogP contribution in [-0.4, -0.2) is 18.8 Å². The zero-order valence-electron chi connectivity index (χ0n) is 14.6. The number of benzene rings is 2. The molecule has 0 saturated carbocycles. The van der Waals surface area contributed by atoms with Crippen LogP contribution in [0.3, 0.4) is 0 Å². The van der Waals surface area contributed by atoms with Crippen LogP contribution < -0.4 is 10.1 Å². The molecule has 1 N–H and O–H groups in total. The Labute approximate surface area is 151 Å². The van der Waals surface area contributed by atoms with Crippen LogP contribution in [0.25, 0.3) is 11.3 Å². The monoisotopic (exact) mass is 349 g/mol. The first-order chi connectivity index (χ1) is 12.5. The van der Waals surface area contributed by atoms with E-state index in [9.17, 15) is 9.59 Å². The highest BCUT2D eigenvalue weighted by atomic mass is 16.5. The molecular formula is C21H19NO4. The number of methoxy groups -OCH3 is 1. The van der Waals surface area contributed by atoms with Crippen molar-refractivity contribution in [2.24, 2.45) is 0 Å². The molecule has 0 aliphatic heterocycles. The highest BCUT2D eigenvalue weighted by Gasteiger charge is 2.13. The molecule has 0 fully saturated rings. The summed E-state index contributed by atoms with van der Waals surface area (Å²) in [5, 5.41) is 2.79. The van der Waals surface area contributed by atoms with Crippen LogP contribution in [0, 0.1) is 0 Å². The van der Waals surface area contributed by atoms with Gasteiger partial charge in [-0.15, -0.1) is 0 Å². The number of furan rings is 1. The van der Waals surface area contributed by atoms with E-state index in [0.29, 0.717) is 23.6 Å². The quantitative estimate of drug-likeness (QED) is 0.719. The molecule has 0 aliphatic carbocycles. The van der Waals surface area contributed by atoms with Gasteiger partial charge in [0.1, 0.15) is 17.3 Å². The van der Waals surface area contributed by atoms with E-state index >= 15 is 0 Å². The third-order valence-electron chi connectivity index (χ3n) is 3.82. The highest BCUT2D eigenvalue weighted by Crippen LogP contribution is 2.26. The molecule has 26 heavy (non-hydrogen) atoms. The van der Waals surface area contributed by atoms with E-state index < -0.39 is 0 Å². The maximum Gasteiger partial charge on any atom is 0.291 e. The molecule has 2 aromatic carbocycles. The van der Waals surface area contributed by atoms with Crippen LogP contribution >= 0.6 is 0 Å². The maximum atomic E-state index is 12.4. The number of carbonyl (C=O) groups is 2. The second kappa shape index (κ2) is 7.70. The molecule has 3 aromatic rings. The lowest BCUT2D eigenvalue weighted by Gasteiger charge is -2.05. The Kier molecular flexibility index (Phi) is 5.17. The van der Waals surface area contributed by atoms with Crippen LogP contribution in [0.4, 0.5) is 5.69 Å². The number of rotatable bonds is 6. The lowest BCUT2D eigenvalue weighted by molar-refractivity contribution is -0.116. The first kappa shape index (κ1) is 17.5. The molecule has 0 atom stereocenters. The van der Waals surface area contributed by atoms with Crippen molar-refractivity contribution in [3.05, 3.63) is 72.0 Å². The van der Waals surface area contributed by atoms with E-state index in [0.717, 1.165) is 11.1 Å². The van der Waals surface area contributed by atoms with E-state index in [2.05, 4.69) is 5.32 Å². The molecule has 5 nitrogen and oxygen atoms in total. The Morgan fingerprint density at radius 1 is 1.04 bits per heavy atom. The number of ketones is 1. The summed E-state index contributed by atoms with van der Waals surface area (Å²) in [6.07, 6.45) is 0.338. The van der Waals surface area contributed by atoms with Gasteiger partial charge in [0.2, 0.25) is 0 Å². The summed E-state index contributed by atoms with van der Waals surface area (Å²) >= 11 is 0. The minimum absolute atomic E-state index is 0.0717. The van der Waals surface area contributed by atoms with Crippen LogP contribution in [0.1, 0.15) is 23.0 Å². The number of hydrogen-bond donors (Lipinski definition) is 1. The molecule has 0 bridgehead atoms. The van der Waals surface area contributed by atoms with Crippen LogP contribution in [-0.2, 0) is 11.2 Å². The van der Waals surface area contributed by atoms with Crippen molar-refractivity contribution in [2.45, 2.75) is 13.3 Å². The van der Waals surface area contributed by atoms with Gasteiger partial charge in [-0.2, -0.15) is 0 Å². The summed E-state index contributed by atoms with van der Waals surface area (Å²) in [7, 11) is 1.60. The number of amides is 1. The lowest BCUT2D eigenvalue weighted by atomic mass is 10.1. The topological polar surface area (TPSA) is 68.5 Å². The van der Waals surface area contributed by atoms with Crippen molar-refractivity contribution >= 4 is 17.4 Å². The predicted octanol–water partition coefficient (Wildman–Crippen LogP) is 4.34. The Morgan fingerprint density at radius 3 is 2.62 bits per heavy atom. The Morgan fingerprint density at radius 2 is 1.85 bits per heavy atom. The number of Topliss-reactive ketones (excluding diaryl/α,β-unsaturated/α-hetero) is 1. The molecule has 0 radical (unpaired) electrons. The summed E-state index contributed by atoms with van der Waals surface area (Å²) in [4.78, 5) is 23.7. The molecule has 0 unspecified atom stereocenters. The Bertz CT molecular complexity index is 942. The summed E-state index contributed by atoms with van der Waals surface area (Å²) < 4.78 is 10.9. The van der Waals surface area contributed by atoms with Crippen molar-refractivity contribution in [3.63, 3.8) is 0 Å². The first-order valence-electron chi connectivity index (χ1n) is 8.19. The number of hydrogen-bond acceptors (Lipinski definition) is 4. The fourth-order valence-electron chi connectivity index (χ4n) is 2.63. The molecule has 132 valence electrons. The number of carbonyl (C=O) groups excluding carboxylic acids is 2. The zero-order valence-corrected chi connectivity index (χ0v) is 14.6. The van der Waals surface area contributed by atoms with Crippen molar-refractivity contribution < 1.29 is 18.7 Å². The van der Waals surface area contributed by atoms with E-state index in [1.807, 2.05) is 30.3 Å². The van der Waals surface area contributed by atoms with Gasteiger partial charge in [0, 0.05) is 17.7 Å². The fourth-order valence-corrected chi connectivity index (χ4v) is 2.63. The number of nitrogens with one attached hydrogen (secondary N) is 1. The van der Waals surface area contributed by atoms with E-state index in [4.69, 9.17) is 9.15 Å². The minimum atomic E-state index is -0.348. The van der Waals surface area contributed by atoms with Gasteiger partial charge in [0.25, 0.3) is 5.91 Å². The second-order valence-electron chi connectivity index (χ2n) is 5.93. The number of ether oxygens (including phenoxy) is 1. The van der Waals surface area contributed by atoms with Gasteiger partial charge in [0.05, 0.1) is 7.11 Å². The maximum absolute atomic E-state index is 12.4. The molecule has 5 heteroatoms. The van der Waals surface area contributed by atoms with Crippen LogP contribution in [0.15, 0.2) is 65.1 Å². The molecule has 1 heterocycles. The summed E-state index contributed by atoms with van der Waals surface area (Å²) in [6.45, 7) is 1.54. The van der Waals surface area contributed by atoms with E-state index in [-0.39, 0.29) is 17.5 Å². The Balaban J connectivity index is 1.75. The van der Waals surface area contributed by atoms with E-state index in [1.54, 1.807) is 37.4 Å². The Hall–Kier alpha value is -3.34. The van der Waals surface area contributed by atoms with Gasteiger partial charge >= 0.3 is 0 Å². The lowest BCUT2D eigenvalue weighted by Crippen LogP contribution is -2.11. The summed E-state index contributed by atoms with van der Waals surface area (Å²) in [6, 6.07) is 18.0. The third-order valence-corrected chi connectivity index (χ3v) is 3.82. The normalized spacial score (nSPS) is 10.4. The molecule has 0 saturated heterocycles. The van der Waals surface area contributed by atoms with Gasteiger partial charge in [-0.1, -0.05) is 24.3 Å². The van der Waals surface area contributed by atoms with Gasteiger partial charge < -0.3 is 14.5 Å².